The van der Waals surface area contributed by atoms with Gasteiger partial charge in [-0.3, -0.25) is 4.90 Å². The first kappa shape index (κ1) is 17.6. The molecule has 1 aliphatic heterocycles. The van der Waals surface area contributed by atoms with E-state index in [0.717, 1.165) is 32.0 Å². The van der Waals surface area contributed by atoms with Crippen molar-refractivity contribution in [1.82, 2.24) is 9.62 Å². The Morgan fingerprint density at radius 1 is 1.33 bits per heavy atom. The molecule has 1 saturated carbocycles. The lowest BCUT2D eigenvalue weighted by molar-refractivity contribution is 0.0108. The number of carboxylic acid groups (broad SMARTS) is 1. The second-order valence-corrected chi connectivity index (χ2v) is 8.24. The Kier molecular flexibility index (Phi) is 4.85. The third-order valence-corrected chi connectivity index (χ3v) is 6.45. The van der Waals surface area contributed by atoms with E-state index in [-0.39, 0.29) is 21.0 Å². The molecule has 9 heteroatoms. The SMILES string of the molecule is O=C(O)c1ccc(S(=O)(=O)NCC2(N3CCOCC3)CC2)c(Cl)c1. The summed E-state index contributed by atoms with van der Waals surface area (Å²) in [6, 6.07) is 3.60. The lowest BCUT2D eigenvalue weighted by atomic mass is 10.2. The zero-order chi connectivity index (χ0) is 17.4. The van der Waals surface area contributed by atoms with E-state index in [4.69, 9.17) is 21.4 Å². The van der Waals surface area contributed by atoms with Crippen molar-refractivity contribution in [2.75, 3.05) is 32.8 Å². The Morgan fingerprint density at radius 2 is 2.00 bits per heavy atom. The number of benzene rings is 1. The van der Waals surface area contributed by atoms with Crippen molar-refractivity contribution in [1.29, 1.82) is 0 Å². The van der Waals surface area contributed by atoms with E-state index >= 15 is 0 Å². The Balaban J connectivity index is 1.71. The molecule has 0 aromatic heterocycles. The van der Waals surface area contributed by atoms with Crippen LogP contribution in [0.5, 0.6) is 0 Å². The van der Waals surface area contributed by atoms with Crippen LogP contribution in [0.1, 0.15) is 23.2 Å². The van der Waals surface area contributed by atoms with Gasteiger partial charge in [0.15, 0.2) is 0 Å². The number of halogens is 1. The fourth-order valence-electron chi connectivity index (χ4n) is 2.95. The summed E-state index contributed by atoms with van der Waals surface area (Å²) in [4.78, 5) is 13.1. The maximum atomic E-state index is 12.5. The molecule has 0 bridgehead atoms. The van der Waals surface area contributed by atoms with Gasteiger partial charge in [-0.25, -0.2) is 17.9 Å². The first-order chi connectivity index (χ1) is 11.3. The molecule has 0 radical (unpaired) electrons. The monoisotopic (exact) mass is 374 g/mol. The van der Waals surface area contributed by atoms with Crippen LogP contribution in [0.15, 0.2) is 23.1 Å². The summed E-state index contributed by atoms with van der Waals surface area (Å²) in [6.07, 6.45) is 1.89. The molecule has 132 valence electrons. The van der Waals surface area contributed by atoms with Crippen LogP contribution in [0.25, 0.3) is 0 Å². The summed E-state index contributed by atoms with van der Waals surface area (Å²) < 4.78 is 33.0. The Labute approximate surface area is 145 Å². The third-order valence-electron chi connectivity index (χ3n) is 4.57. The molecule has 24 heavy (non-hydrogen) atoms. The number of nitrogens with zero attached hydrogens (tertiary/aromatic N) is 1. The van der Waals surface area contributed by atoms with E-state index in [1.807, 2.05) is 0 Å². The molecule has 2 aliphatic rings. The van der Waals surface area contributed by atoms with E-state index in [9.17, 15) is 13.2 Å². The minimum Gasteiger partial charge on any atom is -0.478 e. The minimum atomic E-state index is -3.80. The van der Waals surface area contributed by atoms with E-state index in [0.29, 0.717) is 19.8 Å². The van der Waals surface area contributed by atoms with Gasteiger partial charge in [0.2, 0.25) is 10.0 Å². The van der Waals surface area contributed by atoms with Crippen LogP contribution in [0.4, 0.5) is 0 Å². The van der Waals surface area contributed by atoms with Crippen LogP contribution < -0.4 is 4.72 Å². The van der Waals surface area contributed by atoms with Crippen molar-refractivity contribution < 1.29 is 23.1 Å². The molecule has 0 amide bonds. The van der Waals surface area contributed by atoms with Crippen LogP contribution in [0.2, 0.25) is 5.02 Å². The molecule has 2 fully saturated rings. The summed E-state index contributed by atoms with van der Waals surface area (Å²) in [6.45, 7) is 3.24. The molecule has 7 nitrogen and oxygen atoms in total. The van der Waals surface area contributed by atoms with Crippen molar-refractivity contribution in [3.63, 3.8) is 0 Å². The maximum Gasteiger partial charge on any atom is 0.335 e. The number of carboxylic acids is 1. The number of hydrogen-bond donors (Lipinski definition) is 2. The highest BCUT2D eigenvalue weighted by Crippen LogP contribution is 2.41. The van der Waals surface area contributed by atoms with Crippen molar-refractivity contribution in [2.45, 2.75) is 23.3 Å². The van der Waals surface area contributed by atoms with E-state index in [1.54, 1.807) is 0 Å². The van der Waals surface area contributed by atoms with Crippen molar-refractivity contribution in [3.05, 3.63) is 28.8 Å². The first-order valence-corrected chi connectivity index (χ1v) is 9.56. The highest BCUT2D eigenvalue weighted by atomic mass is 35.5. The molecular weight excluding hydrogens is 356 g/mol. The predicted octanol–water partition coefficient (Wildman–Crippen LogP) is 1.18. The topological polar surface area (TPSA) is 95.9 Å². The van der Waals surface area contributed by atoms with Crippen molar-refractivity contribution in [3.8, 4) is 0 Å². The largest absolute Gasteiger partial charge is 0.478 e. The summed E-state index contributed by atoms with van der Waals surface area (Å²) >= 11 is 5.96. The zero-order valence-electron chi connectivity index (χ0n) is 13.0. The van der Waals surface area contributed by atoms with Crippen molar-refractivity contribution in [2.24, 2.45) is 0 Å². The summed E-state index contributed by atoms with van der Waals surface area (Å²) in [5.41, 5.74) is -0.185. The van der Waals surface area contributed by atoms with Gasteiger partial charge in [-0.15, -0.1) is 0 Å². The summed E-state index contributed by atoms with van der Waals surface area (Å²) in [5.74, 6) is -1.15. The second-order valence-electron chi connectivity index (χ2n) is 6.10. The number of aromatic carboxylic acids is 1. The standard InChI is InChI=1S/C15H19ClN2O5S/c16-12-9-11(14(19)20)1-2-13(12)24(21,22)17-10-15(3-4-15)18-5-7-23-8-6-18/h1-2,9,17H,3-8,10H2,(H,19,20). The lowest BCUT2D eigenvalue weighted by Crippen LogP contribution is -2.50. The molecule has 1 heterocycles. The molecule has 0 atom stereocenters. The smallest absolute Gasteiger partial charge is 0.335 e. The average molecular weight is 375 g/mol. The van der Waals surface area contributed by atoms with Gasteiger partial charge < -0.3 is 9.84 Å². The lowest BCUT2D eigenvalue weighted by Gasteiger charge is -2.34. The number of nitrogens with one attached hydrogen (secondary N) is 1. The van der Waals surface area contributed by atoms with Crippen LogP contribution in [0.3, 0.4) is 0 Å². The van der Waals surface area contributed by atoms with Crippen LogP contribution in [-0.2, 0) is 14.8 Å². The fourth-order valence-corrected chi connectivity index (χ4v) is 4.61. The third kappa shape index (κ3) is 3.57. The second kappa shape index (κ2) is 6.61. The molecule has 1 saturated heterocycles. The zero-order valence-corrected chi connectivity index (χ0v) is 14.6. The van der Waals surface area contributed by atoms with E-state index in [1.165, 1.54) is 12.1 Å². The minimum absolute atomic E-state index is 0.0501. The number of sulfonamides is 1. The number of ether oxygens (including phenoxy) is 1. The van der Waals surface area contributed by atoms with Crippen LogP contribution in [0, 0.1) is 0 Å². The first-order valence-electron chi connectivity index (χ1n) is 7.69. The predicted molar refractivity (Wildman–Crippen MR) is 88.0 cm³/mol. The molecule has 0 unspecified atom stereocenters. The van der Waals surface area contributed by atoms with Gasteiger partial charge in [-0.2, -0.15) is 0 Å². The van der Waals surface area contributed by atoms with E-state index in [2.05, 4.69) is 9.62 Å². The average Bonchev–Trinajstić information content (AvgIpc) is 3.35. The Bertz CT molecular complexity index is 742. The van der Waals surface area contributed by atoms with Crippen LogP contribution in [-0.4, -0.2) is 62.8 Å². The number of hydrogen-bond acceptors (Lipinski definition) is 5. The van der Waals surface area contributed by atoms with Crippen molar-refractivity contribution >= 4 is 27.6 Å². The molecule has 2 N–H and O–H groups in total. The highest BCUT2D eigenvalue weighted by molar-refractivity contribution is 7.89. The quantitative estimate of drug-likeness (QED) is 0.776. The van der Waals surface area contributed by atoms with Crippen LogP contribution >= 0.6 is 11.6 Å². The van der Waals surface area contributed by atoms with Gasteiger partial charge in [0.1, 0.15) is 4.90 Å². The molecule has 1 aromatic carbocycles. The molecule has 3 rings (SSSR count). The number of carbonyl (C=O) groups is 1. The van der Waals surface area contributed by atoms with Gasteiger partial charge in [0.25, 0.3) is 0 Å². The van der Waals surface area contributed by atoms with Gasteiger partial charge in [-0.1, -0.05) is 11.6 Å². The van der Waals surface area contributed by atoms with Gasteiger partial charge >= 0.3 is 5.97 Å². The Morgan fingerprint density at radius 3 is 2.54 bits per heavy atom. The number of rotatable bonds is 6. The summed E-state index contributed by atoms with van der Waals surface area (Å²) in [5, 5.41) is 8.83. The molecule has 0 spiro atoms. The molecular formula is C15H19ClN2O5S. The fraction of sp³-hybridized carbons (Fsp3) is 0.533. The van der Waals surface area contributed by atoms with Gasteiger partial charge in [0, 0.05) is 25.2 Å². The molecule has 1 aromatic rings. The van der Waals surface area contributed by atoms with Gasteiger partial charge in [0.05, 0.1) is 23.8 Å². The molecule has 1 aliphatic carbocycles. The maximum absolute atomic E-state index is 12.5. The van der Waals surface area contributed by atoms with Gasteiger partial charge in [-0.05, 0) is 31.0 Å². The summed E-state index contributed by atoms with van der Waals surface area (Å²) in [7, 11) is -3.80. The van der Waals surface area contributed by atoms with E-state index < -0.39 is 16.0 Å². The highest BCUT2D eigenvalue weighted by Gasteiger charge is 2.48. The number of morpholine rings is 1. The normalized spacial score (nSPS) is 20.7. The Hall–Kier alpha value is -1.19.